The van der Waals surface area contributed by atoms with Crippen molar-refractivity contribution >= 4 is 28.9 Å². The zero-order valence-electron chi connectivity index (χ0n) is 17.8. The van der Waals surface area contributed by atoms with Crippen LogP contribution < -0.4 is 10.2 Å². The summed E-state index contributed by atoms with van der Waals surface area (Å²) in [7, 11) is 0. The standard InChI is InChI=1S/C27H22N2O3/c1-18-10-12-21(13-11-18)27(31)32-25-15-14-20-7-3-4-9-23(20)24(25)17-28-29-26(30)22-8-5-6-19(2)16-22/h3-17H,1-2H3,(H,29,30)/b28-17-. The Kier molecular flexibility index (Phi) is 6.08. The lowest BCUT2D eigenvalue weighted by Gasteiger charge is -2.11. The lowest BCUT2D eigenvalue weighted by atomic mass is 10.0. The first kappa shape index (κ1) is 21.0. The Labute approximate surface area is 186 Å². The molecule has 1 N–H and O–H groups in total. The van der Waals surface area contributed by atoms with Gasteiger partial charge in [0.1, 0.15) is 5.75 Å². The second kappa shape index (κ2) is 9.27. The van der Waals surface area contributed by atoms with E-state index >= 15 is 0 Å². The largest absolute Gasteiger partial charge is 0.422 e. The molecule has 0 aliphatic carbocycles. The summed E-state index contributed by atoms with van der Waals surface area (Å²) in [4.78, 5) is 25.1. The number of hydrazone groups is 1. The number of fused-ring (bicyclic) bond motifs is 1. The van der Waals surface area contributed by atoms with Gasteiger partial charge >= 0.3 is 5.97 Å². The molecule has 4 aromatic rings. The van der Waals surface area contributed by atoms with E-state index in [2.05, 4.69) is 10.5 Å². The van der Waals surface area contributed by atoms with Crippen LogP contribution in [0.15, 0.2) is 90.0 Å². The number of hydrogen-bond acceptors (Lipinski definition) is 4. The average molecular weight is 422 g/mol. The molecule has 0 fully saturated rings. The number of nitrogens with zero attached hydrogens (tertiary/aromatic N) is 1. The minimum absolute atomic E-state index is 0.316. The van der Waals surface area contributed by atoms with Gasteiger partial charge in [-0.25, -0.2) is 10.2 Å². The van der Waals surface area contributed by atoms with E-state index in [0.717, 1.165) is 21.9 Å². The van der Waals surface area contributed by atoms with Crippen LogP contribution >= 0.6 is 0 Å². The summed E-state index contributed by atoms with van der Waals surface area (Å²) >= 11 is 0. The van der Waals surface area contributed by atoms with E-state index in [-0.39, 0.29) is 5.91 Å². The number of rotatable bonds is 5. The average Bonchev–Trinajstić information content (AvgIpc) is 2.80. The number of ether oxygens (including phenoxy) is 1. The Morgan fingerprint density at radius 2 is 1.59 bits per heavy atom. The number of nitrogens with one attached hydrogen (secondary N) is 1. The summed E-state index contributed by atoms with van der Waals surface area (Å²) in [6, 6.07) is 25.8. The fourth-order valence-corrected chi connectivity index (χ4v) is 3.35. The van der Waals surface area contributed by atoms with Crippen LogP contribution in [0.25, 0.3) is 10.8 Å². The van der Waals surface area contributed by atoms with E-state index in [4.69, 9.17) is 4.74 Å². The van der Waals surface area contributed by atoms with Crippen molar-refractivity contribution in [3.05, 3.63) is 113 Å². The van der Waals surface area contributed by atoms with Gasteiger partial charge in [-0.15, -0.1) is 0 Å². The van der Waals surface area contributed by atoms with Crippen molar-refractivity contribution in [2.45, 2.75) is 13.8 Å². The molecule has 4 rings (SSSR count). The van der Waals surface area contributed by atoms with Gasteiger partial charge in [-0.3, -0.25) is 4.79 Å². The van der Waals surface area contributed by atoms with Gasteiger partial charge in [0.2, 0.25) is 0 Å². The zero-order chi connectivity index (χ0) is 22.5. The first-order valence-electron chi connectivity index (χ1n) is 10.2. The van der Waals surface area contributed by atoms with Gasteiger partial charge in [0.15, 0.2) is 0 Å². The van der Waals surface area contributed by atoms with E-state index in [0.29, 0.717) is 22.4 Å². The van der Waals surface area contributed by atoms with Crippen molar-refractivity contribution in [3.63, 3.8) is 0 Å². The number of esters is 1. The second-order valence-electron chi connectivity index (χ2n) is 7.52. The van der Waals surface area contributed by atoms with Crippen LogP contribution in [-0.2, 0) is 0 Å². The molecule has 1 amide bonds. The molecule has 0 saturated heterocycles. The van der Waals surface area contributed by atoms with Gasteiger partial charge in [0.25, 0.3) is 5.91 Å². The fourth-order valence-electron chi connectivity index (χ4n) is 3.35. The summed E-state index contributed by atoms with van der Waals surface area (Å²) in [5.41, 5.74) is 6.18. The monoisotopic (exact) mass is 422 g/mol. The van der Waals surface area contributed by atoms with Crippen LogP contribution in [0.3, 0.4) is 0 Å². The number of aryl methyl sites for hydroxylation is 2. The summed E-state index contributed by atoms with van der Waals surface area (Å²) in [5.74, 6) is -0.412. The van der Waals surface area contributed by atoms with Crippen LogP contribution in [0.1, 0.15) is 37.4 Å². The van der Waals surface area contributed by atoms with E-state index in [9.17, 15) is 9.59 Å². The summed E-state index contributed by atoms with van der Waals surface area (Å²) < 4.78 is 5.69. The minimum atomic E-state index is -0.460. The fraction of sp³-hybridized carbons (Fsp3) is 0.0741. The Bertz CT molecular complexity index is 1320. The summed E-state index contributed by atoms with van der Waals surface area (Å²) in [6.45, 7) is 3.88. The molecule has 158 valence electrons. The highest BCUT2D eigenvalue weighted by Gasteiger charge is 2.13. The first-order chi connectivity index (χ1) is 15.5. The third kappa shape index (κ3) is 4.73. The van der Waals surface area contributed by atoms with Gasteiger partial charge in [0.05, 0.1) is 11.8 Å². The van der Waals surface area contributed by atoms with Crippen LogP contribution in [0.4, 0.5) is 0 Å². The van der Waals surface area contributed by atoms with Crippen molar-refractivity contribution in [2.24, 2.45) is 5.10 Å². The highest BCUT2D eigenvalue weighted by molar-refractivity contribution is 6.04. The lowest BCUT2D eigenvalue weighted by Crippen LogP contribution is -2.18. The predicted molar refractivity (Wildman–Crippen MR) is 126 cm³/mol. The minimum Gasteiger partial charge on any atom is -0.422 e. The van der Waals surface area contributed by atoms with E-state index in [1.54, 1.807) is 30.3 Å². The normalized spacial score (nSPS) is 10.9. The van der Waals surface area contributed by atoms with Crippen LogP contribution in [0.5, 0.6) is 5.75 Å². The van der Waals surface area contributed by atoms with Crippen molar-refractivity contribution in [2.75, 3.05) is 0 Å². The van der Waals surface area contributed by atoms with Crippen LogP contribution in [0, 0.1) is 13.8 Å². The summed E-state index contributed by atoms with van der Waals surface area (Å²) in [6.07, 6.45) is 1.51. The molecule has 0 aromatic heterocycles. The van der Waals surface area contributed by atoms with Gasteiger partial charge in [0, 0.05) is 11.1 Å². The highest BCUT2D eigenvalue weighted by atomic mass is 16.5. The Hall–Kier alpha value is -4.25. The Balaban J connectivity index is 1.62. The lowest BCUT2D eigenvalue weighted by molar-refractivity contribution is 0.0734. The molecule has 0 spiro atoms. The third-order valence-electron chi connectivity index (χ3n) is 5.06. The maximum atomic E-state index is 12.7. The predicted octanol–water partition coefficient (Wildman–Crippen LogP) is 5.44. The van der Waals surface area contributed by atoms with Gasteiger partial charge < -0.3 is 4.74 Å². The Morgan fingerprint density at radius 3 is 2.38 bits per heavy atom. The molecule has 5 nitrogen and oxygen atoms in total. The third-order valence-corrected chi connectivity index (χ3v) is 5.06. The number of benzene rings is 4. The zero-order valence-corrected chi connectivity index (χ0v) is 17.8. The maximum Gasteiger partial charge on any atom is 0.343 e. The smallest absolute Gasteiger partial charge is 0.343 e. The van der Waals surface area contributed by atoms with Crippen molar-refractivity contribution in [3.8, 4) is 5.75 Å². The van der Waals surface area contributed by atoms with Crippen molar-refractivity contribution in [1.29, 1.82) is 0 Å². The molecule has 32 heavy (non-hydrogen) atoms. The van der Waals surface area contributed by atoms with Gasteiger partial charge in [-0.1, -0.05) is 65.7 Å². The molecule has 0 unspecified atom stereocenters. The molecule has 0 radical (unpaired) electrons. The molecular formula is C27H22N2O3. The molecule has 5 heteroatoms. The van der Waals surface area contributed by atoms with Gasteiger partial charge in [-0.05, 0) is 55.0 Å². The number of carbonyl (C=O) groups is 2. The molecular weight excluding hydrogens is 400 g/mol. The quantitative estimate of drug-likeness (QED) is 0.202. The Morgan fingerprint density at radius 1 is 0.812 bits per heavy atom. The van der Waals surface area contributed by atoms with Crippen LogP contribution in [0.2, 0.25) is 0 Å². The molecule has 0 bridgehead atoms. The molecule has 0 atom stereocenters. The van der Waals surface area contributed by atoms with Crippen molar-refractivity contribution in [1.82, 2.24) is 5.43 Å². The topological polar surface area (TPSA) is 67.8 Å². The van der Waals surface area contributed by atoms with E-state index < -0.39 is 5.97 Å². The summed E-state index contributed by atoms with van der Waals surface area (Å²) in [5, 5.41) is 5.96. The molecule has 0 aliphatic heterocycles. The molecule has 4 aromatic carbocycles. The number of hydrogen-bond donors (Lipinski definition) is 1. The molecule has 0 heterocycles. The SMILES string of the molecule is Cc1ccc(C(=O)Oc2ccc3ccccc3c2/C=N\NC(=O)c2cccc(C)c2)cc1. The van der Waals surface area contributed by atoms with Gasteiger partial charge in [-0.2, -0.15) is 5.10 Å². The van der Waals surface area contributed by atoms with Crippen molar-refractivity contribution < 1.29 is 14.3 Å². The number of carbonyl (C=O) groups excluding carboxylic acids is 2. The number of amides is 1. The first-order valence-corrected chi connectivity index (χ1v) is 10.2. The molecule has 0 aliphatic rings. The molecule has 0 saturated carbocycles. The van der Waals surface area contributed by atoms with E-state index in [1.807, 2.05) is 68.4 Å². The van der Waals surface area contributed by atoms with Crippen LogP contribution in [-0.4, -0.2) is 18.1 Å². The maximum absolute atomic E-state index is 12.7. The second-order valence-corrected chi connectivity index (χ2v) is 7.52. The van der Waals surface area contributed by atoms with E-state index in [1.165, 1.54) is 6.21 Å². The highest BCUT2D eigenvalue weighted by Crippen LogP contribution is 2.27.